The van der Waals surface area contributed by atoms with Crippen LogP contribution in [0.3, 0.4) is 0 Å². The molecule has 4 nitrogen and oxygen atoms in total. The van der Waals surface area contributed by atoms with Crippen molar-refractivity contribution in [2.24, 2.45) is 0 Å². The van der Waals surface area contributed by atoms with Gasteiger partial charge in [-0.3, -0.25) is 9.88 Å². The molecule has 0 spiro atoms. The lowest BCUT2D eigenvalue weighted by molar-refractivity contribution is 0.130. The van der Waals surface area contributed by atoms with Crippen LogP contribution in [-0.4, -0.2) is 41.5 Å². The van der Waals surface area contributed by atoms with Crippen molar-refractivity contribution in [1.82, 2.24) is 14.9 Å². The van der Waals surface area contributed by atoms with Crippen molar-refractivity contribution in [2.45, 2.75) is 44.7 Å². The summed E-state index contributed by atoms with van der Waals surface area (Å²) in [5, 5.41) is 0. The lowest BCUT2D eigenvalue weighted by atomic mass is 9.96. The molecule has 1 fully saturated rings. The van der Waals surface area contributed by atoms with Crippen LogP contribution >= 0.6 is 0 Å². The minimum absolute atomic E-state index is 0.644. The Bertz CT molecular complexity index is 627. The van der Waals surface area contributed by atoms with Crippen molar-refractivity contribution >= 4 is 5.82 Å². The van der Waals surface area contributed by atoms with E-state index in [0.29, 0.717) is 6.04 Å². The number of piperidine rings is 1. The van der Waals surface area contributed by atoms with Gasteiger partial charge in [-0.2, -0.15) is 0 Å². The number of hydrogen-bond acceptors (Lipinski definition) is 4. The van der Waals surface area contributed by atoms with E-state index in [1.807, 2.05) is 26.4 Å². The molecule has 128 valence electrons. The quantitative estimate of drug-likeness (QED) is 0.814. The number of pyridine rings is 2. The normalized spacial score (nSPS) is 18.5. The van der Waals surface area contributed by atoms with Gasteiger partial charge in [-0.1, -0.05) is 18.6 Å². The van der Waals surface area contributed by atoms with Crippen LogP contribution in [0.2, 0.25) is 0 Å². The van der Waals surface area contributed by atoms with Gasteiger partial charge in [0, 0.05) is 38.6 Å². The Labute approximate surface area is 145 Å². The van der Waals surface area contributed by atoms with Crippen LogP contribution in [0.15, 0.2) is 42.6 Å². The van der Waals surface area contributed by atoms with Crippen LogP contribution < -0.4 is 4.90 Å². The molecular weight excluding hydrogens is 296 g/mol. The van der Waals surface area contributed by atoms with Crippen LogP contribution in [0.25, 0.3) is 0 Å². The fraction of sp³-hybridized carbons (Fsp3) is 0.500. The lowest BCUT2D eigenvalue weighted by Gasteiger charge is -2.35. The molecule has 0 bridgehead atoms. The Morgan fingerprint density at radius 1 is 1.08 bits per heavy atom. The maximum absolute atomic E-state index is 4.76. The Kier molecular flexibility index (Phi) is 5.81. The second-order valence-corrected chi connectivity index (χ2v) is 6.86. The molecule has 0 aliphatic carbocycles. The summed E-state index contributed by atoms with van der Waals surface area (Å²) in [6.45, 7) is 2.16. The van der Waals surface area contributed by atoms with Crippen molar-refractivity contribution in [3.05, 3.63) is 54.0 Å². The molecule has 0 saturated carbocycles. The molecular formula is C20H28N4. The summed E-state index contributed by atoms with van der Waals surface area (Å²) in [4.78, 5) is 13.9. The SMILES string of the molecule is CN(C)c1cccc(CC[C@H]2CCCCN2Cc2ccccn2)n1. The van der Waals surface area contributed by atoms with Crippen LogP contribution in [0, 0.1) is 0 Å². The highest BCUT2D eigenvalue weighted by molar-refractivity contribution is 5.37. The summed E-state index contributed by atoms with van der Waals surface area (Å²) >= 11 is 0. The minimum atomic E-state index is 0.644. The third-order valence-electron chi connectivity index (χ3n) is 4.82. The molecule has 3 heterocycles. The van der Waals surface area contributed by atoms with Gasteiger partial charge in [0.2, 0.25) is 0 Å². The van der Waals surface area contributed by atoms with E-state index >= 15 is 0 Å². The smallest absolute Gasteiger partial charge is 0.128 e. The topological polar surface area (TPSA) is 32.3 Å². The molecule has 3 rings (SSSR count). The van der Waals surface area contributed by atoms with Crippen molar-refractivity contribution in [3.8, 4) is 0 Å². The zero-order valence-corrected chi connectivity index (χ0v) is 14.9. The van der Waals surface area contributed by atoms with E-state index in [0.717, 1.165) is 18.8 Å². The molecule has 4 heteroatoms. The largest absolute Gasteiger partial charge is 0.363 e. The van der Waals surface area contributed by atoms with Crippen LogP contribution in [0.1, 0.15) is 37.1 Å². The zero-order valence-electron chi connectivity index (χ0n) is 14.9. The highest BCUT2D eigenvalue weighted by Gasteiger charge is 2.22. The molecule has 2 aromatic heterocycles. The second-order valence-electron chi connectivity index (χ2n) is 6.86. The van der Waals surface area contributed by atoms with Crippen LogP contribution in [0.5, 0.6) is 0 Å². The summed E-state index contributed by atoms with van der Waals surface area (Å²) in [7, 11) is 4.09. The van der Waals surface area contributed by atoms with Gasteiger partial charge < -0.3 is 4.90 Å². The number of nitrogens with zero attached hydrogens (tertiary/aromatic N) is 4. The first kappa shape index (κ1) is 16.9. The number of aryl methyl sites for hydroxylation is 1. The van der Waals surface area contributed by atoms with E-state index < -0.39 is 0 Å². The first-order chi connectivity index (χ1) is 11.7. The van der Waals surface area contributed by atoms with Gasteiger partial charge in [0.25, 0.3) is 0 Å². The fourth-order valence-corrected chi connectivity index (χ4v) is 3.46. The predicted octanol–water partition coefficient (Wildman–Crippen LogP) is 3.53. The van der Waals surface area contributed by atoms with Gasteiger partial charge in [0.1, 0.15) is 5.82 Å². The number of aromatic nitrogens is 2. The van der Waals surface area contributed by atoms with E-state index in [4.69, 9.17) is 4.98 Å². The first-order valence-electron chi connectivity index (χ1n) is 8.99. The van der Waals surface area contributed by atoms with Crippen LogP contribution in [-0.2, 0) is 13.0 Å². The van der Waals surface area contributed by atoms with E-state index in [9.17, 15) is 0 Å². The molecule has 0 N–H and O–H groups in total. The third kappa shape index (κ3) is 4.54. The zero-order chi connectivity index (χ0) is 16.8. The van der Waals surface area contributed by atoms with Gasteiger partial charge >= 0.3 is 0 Å². The summed E-state index contributed by atoms with van der Waals surface area (Å²) < 4.78 is 0. The molecule has 1 atom stereocenters. The minimum Gasteiger partial charge on any atom is -0.363 e. The van der Waals surface area contributed by atoms with E-state index in [-0.39, 0.29) is 0 Å². The molecule has 0 aromatic carbocycles. The number of rotatable bonds is 6. The van der Waals surface area contributed by atoms with E-state index in [2.05, 4.69) is 45.1 Å². The Morgan fingerprint density at radius 2 is 1.96 bits per heavy atom. The van der Waals surface area contributed by atoms with E-state index in [1.54, 1.807) is 0 Å². The molecule has 1 saturated heterocycles. The highest BCUT2D eigenvalue weighted by Crippen LogP contribution is 2.23. The lowest BCUT2D eigenvalue weighted by Crippen LogP contribution is -2.39. The summed E-state index contributed by atoms with van der Waals surface area (Å²) in [6.07, 6.45) is 8.05. The van der Waals surface area contributed by atoms with Gasteiger partial charge in [-0.05, 0) is 56.5 Å². The van der Waals surface area contributed by atoms with Crippen molar-refractivity contribution < 1.29 is 0 Å². The maximum atomic E-state index is 4.76. The number of hydrogen-bond donors (Lipinski definition) is 0. The molecule has 1 aliphatic rings. The van der Waals surface area contributed by atoms with Gasteiger partial charge in [-0.25, -0.2) is 4.98 Å². The predicted molar refractivity (Wildman–Crippen MR) is 99.2 cm³/mol. The fourth-order valence-electron chi connectivity index (χ4n) is 3.46. The molecule has 0 amide bonds. The van der Waals surface area contributed by atoms with Crippen molar-refractivity contribution in [3.63, 3.8) is 0 Å². The summed E-state index contributed by atoms with van der Waals surface area (Å²) in [6, 6.07) is 13.2. The molecule has 0 radical (unpaired) electrons. The third-order valence-corrected chi connectivity index (χ3v) is 4.82. The molecule has 1 aliphatic heterocycles. The number of anilines is 1. The van der Waals surface area contributed by atoms with Crippen LogP contribution in [0.4, 0.5) is 5.82 Å². The Morgan fingerprint density at radius 3 is 2.75 bits per heavy atom. The summed E-state index contributed by atoms with van der Waals surface area (Å²) in [5.41, 5.74) is 2.38. The van der Waals surface area contributed by atoms with Gasteiger partial charge in [0.05, 0.1) is 5.69 Å². The first-order valence-corrected chi connectivity index (χ1v) is 8.99. The van der Waals surface area contributed by atoms with Gasteiger partial charge in [0.15, 0.2) is 0 Å². The number of likely N-dealkylation sites (tertiary alicyclic amines) is 1. The highest BCUT2D eigenvalue weighted by atomic mass is 15.2. The molecule has 24 heavy (non-hydrogen) atoms. The Hall–Kier alpha value is -1.94. The maximum Gasteiger partial charge on any atom is 0.128 e. The average molecular weight is 324 g/mol. The average Bonchev–Trinajstić information content (AvgIpc) is 2.62. The monoisotopic (exact) mass is 324 g/mol. The molecule has 2 aromatic rings. The van der Waals surface area contributed by atoms with E-state index in [1.165, 1.54) is 43.6 Å². The standard InChI is InChI=1S/C20H28N4/c1-23(2)20-11-7-9-17(22-20)12-13-19-10-4-6-15-24(19)16-18-8-3-5-14-21-18/h3,5,7-9,11,14,19H,4,6,10,12-13,15-16H2,1-2H3/t19-/m1/s1. The van der Waals surface area contributed by atoms with Crippen molar-refractivity contribution in [1.29, 1.82) is 0 Å². The van der Waals surface area contributed by atoms with Gasteiger partial charge in [-0.15, -0.1) is 0 Å². The van der Waals surface area contributed by atoms with Crippen molar-refractivity contribution in [2.75, 3.05) is 25.5 Å². The molecule has 0 unspecified atom stereocenters. The second kappa shape index (κ2) is 8.25. The Balaban J connectivity index is 1.60. The summed E-state index contributed by atoms with van der Waals surface area (Å²) in [5.74, 6) is 1.04.